The number of aromatic nitrogens is 1. The summed E-state index contributed by atoms with van der Waals surface area (Å²) in [6, 6.07) is 23.6. The highest BCUT2D eigenvalue weighted by Gasteiger charge is 2.13. The van der Waals surface area contributed by atoms with Gasteiger partial charge < -0.3 is 21.5 Å². The molecule has 4 aromatic rings. The first-order valence-electron chi connectivity index (χ1n) is 11.5. The summed E-state index contributed by atoms with van der Waals surface area (Å²) < 4.78 is 5.86. The van der Waals surface area contributed by atoms with Crippen molar-refractivity contribution >= 4 is 51.5 Å². The fourth-order valence-electron chi connectivity index (χ4n) is 3.46. The van der Waals surface area contributed by atoms with E-state index >= 15 is 0 Å². The Morgan fingerprint density at radius 1 is 1.08 bits per heavy atom. The number of para-hydroxylation sites is 1. The molecule has 1 amide bonds. The molecule has 0 fully saturated rings. The summed E-state index contributed by atoms with van der Waals surface area (Å²) >= 11 is 5.82. The molecule has 3 aromatic carbocycles. The van der Waals surface area contributed by atoms with Crippen molar-refractivity contribution < 1.29 is 9.53 Å². The number of thiazole rings is 1. The zero-order valence-electron chi connectivity index (χ0n) is 20.7. The number of thiol groups is 1. The minimum atomic E-state index is -0.165. The number of carbonyl (C=O) groups excluding carboxylic acids is 1. The Morgan fingerprint density at radius 3 is 2.53 bits per heavy atom. The molecule has 188 valence electrons. The van der Waals surface area contributed by atoms with Crippen LogP contribution in [-0.2, 0) is 16.0 Å². The highest BCUT2D eigenvalue weighted by molar-refractivity contribution is 7.80. The van der Waals surface area contributed by atoms with E-state index in [0.29, 0.717) is 0 Å². The summed E-state index contributed by atoms with van der Waals surface area (Å²) in [5.74, 6) is -0.165. The zero-order chi connectivity index (χ0) is 26.1. The van der Waals surface area contributed by atoms with E-state index < -0.39 is 0 Å². The number of fused-ring (bicyclic) bond motifs is 1. The van der Waals surface area contributed by atoms with Crippen LogP contribution in [0.5, 0.6) is 0 Å². The molecule has 4 rings (SSSR count). The maximum atomic E-state index is 11.1. The Kier molecular flexibility index (Phi) is 10.1. The zero-order valence-corrected chi connectivity index (χ0v) is 22.4. The predicted molar refractivity (Wildman–Crippen MR) is 153 cm³/mol. The van der Waals surface area contributed by atoms with E-state index in [1.807, 2.05) is 56.3 Å². The summed E-state index contributed by atoms with van der Waals surface area (Å²) in [6.07, 6.45) is 0.754. The number of allylic oxidation sites excluding steroid dienone is 1. The van der Waals surface area contributed by atoms with E-state index in [2.05, 4.69) is 45.9 Å². The molecule has 0 bridgehead atoms. The van der Waals surface area contributed by atoms with Crippen LogP contribution >= 0.6 is 24.0 Å². The molecule has 0 aliphatic carbocycles. The van der Waals surface area contributed by atoms with E-state index in [-0.39, 0.29) is 18.6 Å². The van der Waals surface area contributed by atoms with Gasteiger partial charge in [0.2, 0.25) is 5.91 Å². The van der Waals surface area contributed by atoms with Crippen LogP contribution in [0, 0.1) is 0 Å². The van der Waals surface area contributed by atoms with Crippen LogP contribution in [0.2, 0.25) is 0 Å². The molecule has 0 aliphatic rings. The number of benzene rings is 3. The summed E-state index contributed by atoms with van der Waals surface area (Å²) in [5.41, 5.74) is 18.5. The van der Waals surface area contributed by atoms with Crippen molar-refractivity contribution in [3.8, 4) is 0 Å². The average Bonchev–Trinajstić information content (AvgIpc) is 3.29. The third kappa shape index (κ3) is 7.93. The van der Waals surface area contributed by atoms with Crippen LogP contribution in [0.15, 0.2) is 83.3 Å². The fraction of sp³-hybridized carbons (Fsp3) is 0.214. The summed E-state index contributed by atoms with van der Waals surface area (Å²) in [5, 5.41) is 3.65. The molecule has 1 atom stereocenters. The van der Waals surface area contributed by atoms with Crippen LogP contribution in [0.1, 0.15) is 36.0 Å². The molecule has 0 aliphatic heterocycles. The first-order chi connectivity index (χ1) is 17.3. The second kappa shape index (κ2) is 13.2. The van der Waals surface area contributed by atoms with Crippen molar-refractivity contribution in [2.24, 2.45) is 11.5 Å². The van der Waals surface area contributed by atoms with E-state index in [1.54, 1.807) is 23.5 Å². The van der Waals surface area contributed by atoms with Gasteiger partial charge in [0.05, 0.1) is 16.3 Å². The van der Waals surface area contributed by atoms with Crippen LogP contribution in [-0.4, -0.2) is 24.6 Å². The molecule has 6 nitrogen and oxygen atoms in total. The quantitative estimate of drug-likeness (QED) is 0.230. The maximum absolute atomic E-state index is 11.1. The lowest BCUT2D eigenvalue weighted by Crippen LogP contribution is -2.16. The maximum Gasteiger partial charge on any atom is 0.250 e. The number of anilines is 1. The van der Waals surface area contributed by atoms with Gasteiger partial charge in [0.25, 0.3) is 0 Å². The highest BCUT2D eigenvalue weighted by Crippen LogP contribution is 2.27. The molecule has 0 saturated heterocycles. The van der Waals surface area contributed by atoms with E-state index in [4.69, 9.17) is 11.5 Å². The Labute approximate surface area is 221 Å². The van der Waals surface area contributed by atoms with Crippen LogP contribution < -0.4 is 16.8 Å². The Morgan fingerprint density at radius 2 is 1.83 bits per heavy atom. The largest absolute Gasteiger partial charge is 0.398 e. The van der Waals surface area contributed by atoms with Gasteiger partial charge in [-0.2, -0.15) is 0 Å². The predicted octanol–water partition coefficient (Wildman–Crippen LogP) is 5.81. The topological polar surface area (TPSA) is 103 Å². The first kappa shape index (κ1) is 27.4. The normalized spacial score (nSPS) is 11.4. The van der Waals surface area contributed by atoms with Crippen LogP contribution in [0.3, 0.4) is 0 Å². The second-order valence-electron chi connectivity index (χ2n) is 8.48. The molecule has 36 heavy (non-hydrogen) atoms. The molecule has 1 heterocycles. The van der Waals surface area contributed by atoms with E-state index in [9.17, 15) is 4.79 Å². The molecule has 1 unspecified atom stereocenters. The number of rotatable bonds is 7. The van der Waals surface area contributed by atoms with E-state index in [1.165, 1.54) is 17.4 Å². The minimum Gasteiger partial charge on any atom is -0.398 e. The lowest BCUT2D eigenvalue weighted by molar-refractivity contribution is -0.119. The van der Waals surface area contributed by atoms with Crippen LogP contribution in [0.4, 0.5) is 5.69 Å². The number of nitrogens with two attached hydrogens (primary N) is 2. The summed E-state index contributed by atoms with van der Waals surface area (Å²) in [7, 11) is 1.48. The number of nitrogens with zero attached hydrogens (tertiary/aromatic N) is 1. The third-order valence-electron chi connectivity index (χ3n) is 5.27. The SMILES string of the molecule is CC(C)=C(N)c1cccc(CC(N)c2nc3ccccc3s2)c1.COCC(=O)Nc1cccc(S)c1. The molecule has 0 radical (unpaired) electrons. The molecular weight excluding hydrogens is 488 g/mol. The van der Waals surface area contributed by atoms with Crippen molar-refractivity contribution in [1.82, 2.24) is 4.98 Å². The Hall–Kier alpha value is -3.17. The highest BCUT2D eigenvalue weighted by atomic mass is 32.1. The fourth-order valence-corrected chi connectivity index (χ4v) is 4.65. The van der Waals surface area contributed by atoms with Crippen molar-refractivity contribution in [2.45, 2.75) is 31.2 Å². The number of methoxy groups -OCH3 is 1. The van der Waals surface area contributed by atoms with Gasteiger partial charge in [-0.1, -0.05) is 42.0 Å². The van der Waals surface area contributed by atoms with Crippen molar-refractivity contribution in [3.05, 3.63) is 94.5 Å². The lowest BCUT2D eigenvalue weighted by Gasteiger charge is -2.11. The summed E-state index contributed by atoms with van der Waals surface area (Å²) in [4.78, 5) is 16.5. The average molecular weight is 521 g/mol. The molecular formula is C28H32N4O2S2. The van der Waals surface area contributed by atoms with E-state index in [0.717, 1.165) is 44.4 Å². The molecule has 0 saturated carbocycles. The smallest absolute Gasteiger partial charge is 0.250 e. The van der Waals surface area contributed by atoms with Gasteiger partial charge in [-0.25, -0.2) is 4.98 Å². The van der Waals surface area contributed by atoms with Gasteiger partial charge >= 0.3 is 0 Å². The van der Waals surface area contributed by atoms with Gasteiger partial charge in [0.1, 0.15) is 11.6 Å². The Balaban J connectivity index is 0.000000236. The molecule has 5 N–H and O–H groups in total. The monoisotopic (exact) mass is 520 g/mol. The molecule has 1 aromatic heterocycles. The number of hydrogen-bond acceptors (Lipinski definition) is 7. The number of nitrogens with one attached hydrogen (secondary N) is 1. The van der Waals surface area contributed by atoms with Crippen molar-refractivity contribution in [3.63, 3.8) is 0 Å². The van der Waals surface area contributed by atoms with Crippen molar-refractivity contribution in [1.29, 1.82) is 0 Å². The number of carbonyl (C=O) groups is 1. The third-order valence-corrected chi connectivity index (χ3v) is 6.71. The second-order valence-corrected chi connectivity index (χ2v) is 10.1. The Bertz CT molecular complexity index is 1310. The minimum absolute atomic E-state index is 0.0663. The lowest BCUT2D eigenvalue weighted by atomic mass is 10.0. The number of hydrogen-bond donors (Lipinski definition) is 4. The summed E-state index contributed by atoms with van der Waals surface area (Å²) in [6.45, 7) is 4.11. The van der Waals surface area contributed by atoms with Crippen LogP contribution in [0.25, 0.3) is 15.9 Å². The number of amides is 1. The van der Waals surface area contributed by atoms with Gasteiger partial charge in [-0.15, -0.1) is 24.0 Å². The first-order valence-corrected chi connectivity index (χ1v) is 12.7. The van der Waals surface area contributed by atoms with Gasteiger partial charge in [-0.05, 0) is 67.8 Å². The molecule has 0 spiro atoms. The number of ether oxygens (including phenoxy) is 1. The van der Waals surface area contributed by atoms with Gasteiger partial charge in [0, 0.05) is 23.4 Å². The van der Waals surface area contributed by atoms with Gasteiger partial charge in [-0.3, -0.25) is 4.79 Å². The standard InChI is InChI=1S/C19H21N3S.C9H11NO2S/c1-12(2)18(21)14-7-5-6-13(10-14)11-15(20)19-22-16-8-3-4-9-17(16)23-19;1-12-6-9(11)10-7-3-2-4-8(13)5-7/h3-10,15H,11,20-21H2,1-2H3;2-5,13H,6H2,1H3,(H,10,11). The molecule has 8 heteroatoms. The van der Waals surface area contributed by atoms with Gasteiger partial charge in [0.15, 0.2) is 0 Å². The van der Waals surface area contributed by atoms with Crippen molar-refractivity contribution in [2.75, 3.05) is 19.0 Å².